The minimum atomic E-state index is -3.24. The number of anilines is 3. The highest BCUT2D eigenvalue weighted by molar-refractivity contribution is 7.93. The maximum absolute atomic E-state index is 13.2. The standard InChI is InChI=1S/C18H19F2N3O3S/c1-12(18(24)22-14-5-8-16(19)17(20)11-14)21-13-3-6-15(7-4-13)23-9-2-10-27(23,25)26/h3-8,11-12,21H,2,9-10H2,1H3,(H,22,24)/t12-/m1/s1. The monoisotopic (exact) mass is 395 g/mol. The van der Waals surface area contributed by atoms with Gasteiger partial charge in [0.2, 0.25) is 15.9 Å². The number of sulfonamides is 1. The average Bonchev–Trinajstić information content (AvgIpc) is 2.98. The van der Waals surface area contributed by atoms with Crippen molar-refractivity contribution >= 4 is 33.0 Å². The Bertz CT molecular complexity index is 949. The number of halogens is 2. The third-order valence-corrected chi connectivity index (χ3v) is 6.09. The molecule has 1 aliphatic heterocycles. The fraction of sp³-hybridized carbons (Fsp3) is 0.278. The lowest BCUT2D eigenvalue weighted by atomic mass is 10.2. The highest BCUT2D eigenvalue weighted by Gasteiger charge is 2.28. The zero-order valence-corrected chi connectivity index (χ0v) is 15.4. The van der Waals surface area contributed by atoms with E-state index >= 15 is 0 Å². The number of hydrogen-bond donors (Lipinski definition) is 2. The summed E-state index contributed by atoms with van der Waals surface area (Å²) >= 11 is 0. The molecule has 0 aliphatic carbocycles. The Labute approximate surface area is 156 Å². The summed E-state index contributed by atoms with van der Waals surface area (Å²) in [6, 6.07) is 9.18. The molecule has 0 spiro atoms. The normalized spacial score (nSPS) is 16.8. The van der Waals surface area contributed by atoms with E-state index in [4.69, 9.17) is 0 Å². The van der Waals surface area contributed by atoms with Gasteiger partial charge in [-0.05, 0) is 49.7 Å². The lowest BCUT2D eigenvalue weighted by Crippen LogP contribution is -2.32. The highest BCUT2D eigenvalue weighted by atomic mass is 32.2. The van der Waals surface area contributed by atoms with E-state index in [-0.39, 0.29) is 11.4 Å². The first-order chi connectivity index (χ1) is 12.8. The SMILES string of the molecule is C[C@@H](Nc1ccc(N2CCCS2(=O)=O)cc1)C(=O)Nc1ccc(F)c(F)c1. The first kappa shape index (κ1) is 19.1. The summed E-state index contributed by atoms with van der Waals surface area (Å²) in [4.78, 5) is 12.2. The van der Waals surface area contributed by atoms with Crippen LogP contribution in [0.4, 0.5) is 25.8 Å². The molecular formula is C18H19F2N3O3S. The van der Waals surface area contributed by atoms with Crippen molar-refractivity contribution in [2.45, 2.75) is 19.4 Å². The van der Waals surface area contributed by atoms with E-state index in [9.17, 15) is 22.0 Å². The van der Waals surface area contributed by atoms with Crippen molar-refractivity contribution in [3.05, 3.63) is 54.1 Å². The number of benzene rings is 2. The molecular weight excluding hydrogens is 376 g/mol. The van der Waals surface area contributed by atoms with E-state index in [2.05, 4.69) is 10.6 Å². The van der Waals surface area contributed by atoms with Gasteiger partial charge in [-0.3, -0.25) is 9.10 Å². The molecule has 1 fully saturated rings. The van der Waals surface area contributed by atoms with Crippen LogP contribution in [0.3, 0.4) is 0 Å². The lowest BCUT2D eigenvalue weighted by Gasteiger charge is -2.19. The van der Waals surface area contributed by atoms with Gasteiger partial charge in [-0.1, -0.05) is 0 Å². The Morgan fingerprint density at radius 3 is 2.33 bits per heavy atom. The molecule has 2 aromatic rings. The first-order valence-electron chi connectivity index (χ1n) is 8.39. The Kier molecular flexibility index (Phi) is 5.31. The summed E-state index contributed by atoms with van der Waals surface area (Å²) in [6.45, 7) is 2.08. The molecule has 6 nitrogen and oxygen atoms in total. The average molecular weight is 395 g/mol. The number of carbonyl (C=O) groups is 1. The molecule has 0 saturated carbocycles. The van der Waals surface area contributed by atoms with Crippen LogP contribution in [0.5, 0.6) is 0 Å². The first-order valence-corrected chi connectivity index (χ1v) is 10.00. The van der Waals surface area contributed by atoms with E-state index < -0.39 is 33.6 Å². The molecule has 27 heavy (non-hydrogen) atoms. The van der Waals surface area contributed by atoms with E-state index in [0.717, 1.165) is 12.1 Å². The largest absolute Gasteiger partial charge is 0.374 e. The second-order valence-electron chi connectivity index (χ2n) is 6.27. The van der Waals surface area contributed by atoms with Crippen LogP contribution in [0.25, 0.3) is 0 Å². The third kappa shape index (κ3) is 4.36. The summed E-state index contributed by atoms with van der Waals surface area (Å²) < 4.78 is 51.4. The Morgan fingerprint density at radius 2 is 1.74 bits per heavy atom. The van der Waals surface area contributed by atoms with Crippen molar-refractivity contribution in [2.24, 2.45) is 0 Å². The van der Waals surface area contributed by atoms with Gasteiger partial charge in [-0.2, -0.15) is 0 Å². The molecule has 9 heteroatoms. The minimum Gasteiger partial charge on any atom is -0.374 e. The minimum absolute atomic E-state index is 0.147. The number of rotatable bonds is 5. The zero-order valence-electron chi connectivity index (χ0n) is 14.6. The fourth-order valence-corrected chi connectivity index (χ4v) is 4.36. The predicted octanol–water partition coefficient (Wildman–Crippen LogP) is 2.94. The van der Waals surface area contributed by atoms with Crippen molar-refractivity contribution in [1.29, 1.82) is 0 Å². The van der Waals surface area contributed by atoms with Crippen LogP contribution in [0.1, 0.15) is 13.3 Å². The maximum atomic E-state index is 13.2. The smallest absolute Gasteiger partial charge is 0.246 e. The van der Waals surface area contributed by atoms with Gasteiger partial charge in [0, 0.05) is 24.0 Å². The second kappa shape index (κ2) is 7.51. The predicted molar refractivity (Wildman–Crippen MR) is 100 cm³/mol. The van der Waals surface area contributed by atoms with E-state index in [1.807, 2.05) is 0 Å². The van der Waals surface area contributed by atoms with E-state index in [1.165, 1.54) is 10.4 Å². The van der Waals surface area contributed by atoms with Crippen LogP contribution in [0.15, 0.2) is 42.5 Å². The summed E-state index contributed by atoms with van der Waals surface area (Å²) in [6.07, 6.45) is 0.601. The molecule has 0 aromatic heterocycles. The molecule has 3 rings (SSSR count). The number of nitrogens with zero attached hydrogens (tertiary/aromatic N) is 1. The number of nitrogens with one attached hydrogen (secondary N) is 2. The third-order valence-electron chi connectivity index (χ3n) is 4.22. The maximum Gasteiger partial charge on any atom is 0.246 e. The van der Waals surface area contributed by atoms with E-state index in [0.29, 0.717) is 24.3 Å². The van der Waals surface area contributed by atoms with Crippen molar-refractivity contribution in [3.63, 3.8) is 0 Å². The van der Waals surface area contributed by atoms with Crippen LogP contribution in [0.2, 0.25) is 0 Å². The number of amides is 1. The Balaban J connectivity index is 1.62. The Morgan fingerprint density at radius 1 is 1.07 bits per heavy atom. The van der Waals surface area contributed by atoms with Gasteiger partial charge in [0.25, 0.3) is 0 Å². The van der Waals surface area contributed by atoms with Gasteiger partial charge >= 0.3 is 0 Å². The molecule has 1 atom stereocenters. The van der Waals surface area contributed by atoms with Crippen molar-refractivity contribution in [2.75, 3.05) is 27.2 Å². The zero-order chi connectivity index (χ0) is 19.6. The van der Waals surface area contributed by atoms with Crippen molar-refractivity contribution < 1.29 is 22.0 Å². The van der Waals surface area contributed by atoms with Gasteiger partial charge < -0.3 is 10.6 Å². The topological polar surface area (TPSA) is 78.5 Å². The molecule has 1 heterocycles. The molecule has 1 saturated heterocycles. The van der Waals surface area contributed by atoms with Gasteiger partial charge in [-0.15, -0.1) is 0 Å². The van der Waals surface area contributed by atoms with Gasteiger partial charge in [-0.25, -0.2) is 17.2 Å². The number of hydrogen-bond acceptors (Lipinski definition) is 4. The summed E-state index contributed by atoms with van der Waals surface area (Å²) in [5.74, 6) is -2.30. The molecule has 0 unspecified atom stereocenters. The van der Waals surface area contributed by atoms with Crippen LogP contribution < -0.4 is 14.9 Å². The van der Waals surface area contributed by atoms with Crippen LogP contribution >= 0.6 is 0 Å². The molecule has 0 radical (unpaired) electrons. The van der Waals surface area contributed by atoms with Gasteiger partial charge in [0.1, 0.15) is 6.04 Å². The van der Waals surface area contributed by atoms with Crippen LogP contribution in [-0.2, 0) is 14.8 Å². The number of carbonyl (C=O) groups excluding carboxylic acids is 1. The fourth-order valence-electron chi connectivity index (χ4n) is 2.79. The molecule has 144 valence electrons. The van der Waals surface area contributed by atoms with E-state index in [1.54, 1.807) is 31.2 Å². The highest BCUT2D eigenvalue weighted by Crippen LogP contribution is 2.25. The molecule has 2 aromatic carbocycles. The van der Waals surface area contributed by atoms with Gasteiger partial charge in [0.15, 0.2) is 11.6 Å². The van der Waals surface area contributed by atoms with Gasteiger partial charge in [0.05, 0.1) is 11.4 Å². The van der Waals surface area contributed by atoms with Crippen molar-refractivity contribution in [3.8, 4) is 0 Å². The molecule has 2 N–H and O–H groups in total. The van der Waals surface area contributed by atoms with Crippen LogP contribution in [0, 0.1) is 11.6 Å². The second-order valence-corrected chi connectivity index (χ2v) is 8.29. The van der Waals surface area contributed by atoms with Crippen molar-refractivity contribution in [1.82, 2.24) is 0 Å². The molecule has 0 bridgehead atoms. The summed E-state index contributed by atoms with van der Waals surface area (Å²) in [7, 11) is -3.24. The lowest BCUT2D eigenvalue weighted by molar-refractivity contribution is -0.116. The molecule has 1 amide bonds. The summed E-state index contributed by atoms with van der Waals surface area (Å²) in [5, 5.41) is 5.48. The van der Waals surface area contributed by atoms with Crippen LogP contribution in [-0.4, -0.2) is 32.7 Å². The quantitative estimate of drug-likeness (QED) is 0.816. The molecule has 1 aliphatic rings. The summed E-state index contributed by atoms with van der Waals surface area (Å²) in [5.41, 5.74) is 1.36. The Hall–Kier alpha value is -2.68.